The lowest BCUT2D eigenvalue weighted by atomic mass is 9.90. The largest absolute Gasteiger partial charge is 0.379 e. The monoisotopic (exact) mass is 327 g/mol. The van der Waals surface area contributed by atoms with Gasteiger partial charge in [0.15, 0.2) is 0 Å². The van der Waals surface area contributed by atoms with Gasteiger partial charge >= 0.3 is 0 Å². The Kier molecular flexibility index (Phi) is 3.72. The molecule has 0 spiro atoms. The van der Waals surface area contributed by atoms with Crippen molar-refractivity contribution in [1.82, 2.24) is 0 Å². The number of nitrogens with two attached hydrogens (primary N) is 1. The zero-order valence-electron chi connectivity index (χ0n) is 10.3. The molecule has 18 heavy (non-hydrogen) atoms. The molecule has 0 amide bonds. The molecule has 1 saturated heterocycles. The molecule has 1 saturated carbocycles. The molecule has 0 aromatic heterocycles. The van der Waals surface area contributed by atoms with E-state index in [1.165, 1.54) is 27.8 Å². The molecule has 4 heteroatoms. The van der Waals surface area contributed by atoms with E-state index in [0.29, 0.717) is 5.25 Å². The predicted molar refractivity (Wildman–Crippen MR) is 78.9 cm³/mol. The average Bonchev–Trinajstić information content (AvgIpc) is 2.73. The van der Waals surface area contributed by atoms with Crippen LogP contribution in [0.4, 0.5) is 0 Å². The number of thioether (sulfide) groups is 1. The zero-order valence-corrected chi connectivity index (χ0v) is 12.7. The molecule has 0 bridgehead atoms. The molecule has 1 aromatic carbocycles. The highest BCUT2D eigenvalue weighted by molar-refractivity contribution is 9.10. The maximum absolute atomic E-state index is 6.49. The first-order valence-electron chi connectivity index (χ1n) is 6.51. The molecule has 0 unspecified atom stereocenters. The Morgan fingerprint density at radius 3 is 2.56 bits per heavy atom. The topological polar surface area (TPSA) is 35.2 Å². The van der Waals surface area contributed by atoms with Gasteiger partial charge in [0.1, 0.15) is 0 Å². The van der Waals surface area contributed by atoms with Gasteiger partial charge in [-0.3, -0.25) is 0 Å². The summed E-state index contributed by atoms with van der Waals surface area (Å²) in [6, 6.07) is 6.63. The molecule has 0 atom stereocenters. The Labute approximate surface area is 121 Å². The van der Waals surface area contributed by atoms with Crippen molar-refractivity contribution in [1.29, 1.82) is 0 Å². The van der Waals surface area contributed by atoms with Crippen LogP contribution in [0, 0.1) is 0 Å². The van der Waals surface area contributed by atoms with Crippen LogP contribution in [0.3, 0.4) is 0 Å². The Bertz CT molecular complexity index is 441. The summed E-state index contributed by atoms with van der Waals surface area (Å²) in [4.78, 5) is 1.30. The van der Waals surface area contributed by atoms with Crippen LogP contribution in [0.5, 0.6) is 0 Å². The summed E-state index contributed by atoms with van der Waals surface area (Å²) in [6.45, 7) is 1.75. The van der Waals surface area contributed by atoms with Crippen LogP contribution in [-0.4, -0.2) is 18.5 Å². The maximum Gasteiger partial charge on any atom is 0.0611 e. The van der Waals surface area contributed by atoms with E-state index in [0.717, 1.165) is 26.1 Å². The molecule has 2 aliphatic rings. The zero-order chi connectivity index (χ0) is 12.6. The van der Waals surface area contributed by atoms with E-state index in [1.807, 2.05) is 11.8 Å². The molecule has 1 aliphatic heterocycles. The Morgan fingerprint density at radius 1 is 1.28 bits per heavy atom. The number of benzene rings is 1. The third-order valence-electron chi connectivity index (χ3n) is 3.90. The summed E-state index contributed by atoms with van der Waals surface area (Å²) in [5.41, 5.74) is 7.68. The first-order chi connectivity index (χ1) is 8.67. The van der Waals surface area contributed by atoms with E-state index >= 15 is 0 Å². The molecule has 2 fully saturated rings. The van der Waals surface area contributed by atoms with Crippen molar-refractivity contribution >= 4 is 27.7 Å². The highest BCUT2D eigenvalue weighted by atomic mass is 79.9. The van der Waals surface area contributed by atoms with Gasteiger partial charge in [-0.05, 0) is 46.5 Å². The SMILES string of the molecule is NC1(c2ccc(SC3COC3)c(Br)c2)CCCC1. The predicted octanol–water partition coefficient (Wildman–Crippen LogP) is 3.67. The third kappa shape index (κ3) is 2.48. The highest BCUT2D eigenvalue weighted by Crippen LogP contribution is 2.40. The minimum atomic E-state index is -0.0920. The number of hydrogen-bond donors (Lipinski definition) is 1. The van der Waals surface area contributed by atoms with Crippen LogP contribution in [0.15, 0.2) is 27.6 Å². The Hall–Kier alpha value is -0.0300. The second-order valence-electron chi connectivity index (χ2n) is 5.29. The second kappa shape index (κ2) is 5.16. The van der Waals surface area contributed by atoms with E-state index in [-0.39, 0.29) is 5.54 Å². The molecule has 3 rings (SSSR count). The van der Waals surface area contributed by atoms with Gasteiger partial charge in [-0.1, -0.05) is 18.9 Å². The fourth-order valence-electron chi connectivity index (χ4n) is 2.66. The summed E-state index contributed by atoms with van der Waals surface area (Å²) >= 11 is 5.58. The van der Waals surface area contributed by atoms with Crippen molar-refractivity contribution in [3.05, 3.63) is 28.2 Å². The van der Waals surface area contributed by atoms with Crippen LogP contribution in [0.1, 0.15) is 31.2 Å². The lowest BCUT2D eigenvalue weighted by Gasteiger charge is -2.27. The van der Waals surface area contributed by atoms with Gasteiger partial charge in [0, 0.05) is 14.9 Å². The molecular formula is C14H18BrNOS. The van der Waals surface area contributed by atoms with Crippen LogP contribution in [0.25, 0.3) is 0 Å². The molecule has 0 radical (unpaired) electrons. The fraction of sp³-hybridized carbons (Fsp3) is 0.571. The lowest BCUT2D eigenvalue weighted by molar-refractivity contribution is 0.0455. The third-order valence-corrected chi connectivity index (χ3v) is 6.04. The van der Waals surface area contributed by atoms with Gasteiger partial charge in [0.2, 0.25) is 0 Å². The summed E-state index contributed by atoms with van der Waals surface area (Å²) in [5.74, 6) is 0. The molecule has 1 aliphatic carbocycles. The van der Waals surface area contributed by atoms with E-state index in [1.54, 1.807) is 0 Å². The number of rotatable bonds is 3. The summed E-state index contributed by atoms with van der Waals surface area (Å²) in [5, 5.41) is 0.616. The lowest BCUT2D eigenvalue weighted by Crippen LogP contribution is -2.33. The van der Waals surface area contributed by atoms with Crippen LogP contribution in [-0.2, 0) is 10.3 Å². The molecule has 98 valence electrons. The standard InChI is InChI=1S/C14H18BrNOS/c15-12-7-10(14(16)5-1-2-6-14)3-4-13(12)18-11-8-17-9-11/h3-4,7,11H,1-2,5-6,8-9,16H2. The number of hydrogen-bond acceptors (Lipinski definition) is 3. The van der Waals surface area contributed by atoms with Gasteiger partial charge < -0.3 is 10.5 Å². The van der Waals surface area contributed by atoms with Crippen molar-refractivity contribution in [3.8, 4) is 0 Å². The summed E-state index contributed by atoms with van der Waals surface area (Å²) in [6.07, 6.45) is 4.73. The van der Waals surface area contributed by atoms with Crippen LogP contribution >= 0.6 is 27.7 Å². The first kappa shape index (κ1) is 13.0. The summed E-state index contributed by atoms with van der Waals surface area (Å²) < 4.78 is 6.39. The maximum atomic E-state index is 6.49. The first-order valence-corrected chi connectivity index (χ1v) is 8.18. The Balaban J connectivity index is 1.79. The second-order valence-corrected chi connectivity index (χ2v) is 7.48. The average molecular weight is 328 g/mol. The van der Waals surface area contributed by atoms with Crippen molar-refractivity contribution < 1.29 is 4.74 Å². The van der Waals surface area contributed by atoms with Crippen LogP contribution < -0.4 is 5.73 Å². The minimum absolute atomic E-state index is 0.0920. The van der Waals surface area contributed by atoms with Crippen molar-refractivity contribution in [2.75, 3.05) is 13.2 Å². The van der Waals surface area contributed by atoms with Gasteiger partial charge in [0.05, 0.1) is 18.5 Å². The van der Waals surface area contributed by atoms with Gasteiger partial charge in [-0.15, -0.1) is 11.8 Å². The van der Waals surface area contributed by atoms with Gasteiger partial charge in [-0.25, -0.2) is 0 Å². The highest BCUT2D eigenvalue weighted by Gasteiger charge is 2.31. The van der Waals surface area contributed by atoms with E-state index in [2.05, 4.69) is 34.1 Å². The van der Waals surface area contributed by atoms with E-state index in [9.17, 15) is 0 Å². The molecule has 2 N–H and O–H groups in total. The normalized spacial score (nSPS) is 23.0. The van der Waals surface area contributed by atoms with Crippen molar-refractivity contribution in [3.63, 3.8) is 0 Å². The van der Waals surface area contributed by atoms with E-state index < -0.39 is 0 Å². The number of halogens is 1. The molecule has 1 heterocycles. The number of ether oxygens (including phenoxy) is 1. The van der Waals surface area contributed by atoms with E-state index in [4.69, 9.17) is 10.5 Å². The molecule has 2 nitrogen and oxygen atoms in total. The van der Waals surface area contributed by atoms with Crippen molar-refractivity contribution in [2.24, 2.45) is 5.73 Å². The van der Waals surface area contributed by atoms with Gasteiger partial charge in [0.25, 0.3) is 0 Å². The minimum Gasteiger partial charge on any atom is -0.379 e. The summed E-state index contributed by atoms with van der Waals surface area (Å²) in [7, 11) is 0. The molecular weight excluding hydrogens is 310 g/mol. The smallest absolute Gasteiger partial charge is 0.0611 e. The molecule has 1 aromatic rings. The van der Waals surface area contributed by atoms with Crippen LogP contribution in [0.2, 0.25) is 0 Å². The van der Waals surface area contributed by atoms with Crippen molar-refractivity contribution in [2.45, 2.75) is 41.4 Å². The quantitative estimate of drug-likeness (QED) is 0.919. The Morgan fingerprint density at radius 2 is 2.00 bits per heavy atom. The fourth-order valence-corrected chi connectivity index (χ4v) is 4.33. The van der Waals surface area contributed by atoms with Gasteiger partial charge in [-0.2, -0.15) is 0 Å².